The summed E-state index contributed by atoms with van der Waals surface area (Å²) in [5.74, 6) is 0.759. The predicted octanol–water partition coefficient (Wildman–Crippen LogP) is 3.67. The number of amides is 1. The number of methoxy groups -OCH3 is 2. The number of anilines is 1. The molecule has 0 unspecified atom stereocenters. The van der Waals surface area contributed by atoms with Gasteiger partial charge in [-0.2, -0.15) is 0 Å². The zero-order valence-electron chi connectivity index (χ0n) is 15.8. The van der Waals surface area contributed by atoms with E-state index >= 15 is 0 Å². The van der Waals surface area contributed by atoms with Crippen molar-refractivity contribution in [3.63, 3.8) is 0 Å². The number of aromatic amines is 1. The van der Waals surface area contributed by atoms with E-state index in [9.17, 15) is 9.59 Å². The summed E-state index contributed by atoms with van der Waals surface area (Å²) in [7, 11) is 3.06. The van der Waals surface area contributed by atoms with E-state index in [0.29, 0.717) is 34.7 Å². The second-order valence-electron chi connectivity index (χ2n) is 6.20. The Morgan fingerprint density at radius 1 is 1.07 bits per heavy atom. The normalized spacial score (nSPS) is 10.7. The van der Waals surface area contributed by atoms with Crippen LogP contribution < -0.4 is 20.3 Å². The van der Waals surface area contributed by atoms with Crippen molar-refractivity contribution >= 4 is 22.5 Å². The fourth-order valence-electron chi connectivity index (χ4n) is 3.19. The van der Waals surface area contributed by atoms with Gasteiger partial charge in [0.25, 0.3) is 11.5 Å². The van der Waals surface area contributed by atoms with Crippen LogP contribution in [-0.2, 0) is 6.42 Å². The maximum absolute atomic E-state index is 12.6. The first-order valence-corrected chi connectivity index (χ1v) is 8.67. The Morgan fingerprint density at radius 3 is 2.48 bits per heavy atom. The fraction of sp³-hybridized carbons (Fsp3) is 0.238. The Balaban J connectivity index is 1.92. The van der Waals surface area contributed by atoms with E-state index in [4.69, 9.17) is 9.47 Å². The number of ether oxygens (including phenoxy) is 2. The van der Waals surface area contributed by atoms with Crippen LogP contribution in [0.3, 0.4) is 0 Å². The standard InChI is InChI=1S/C21H22N2O4/c1-5-15-12(2)16-8-7-14(11-17(16)23-21(15)25)22-20(24)13-6-9-18(26-3)19(10-13)27-4/h6-11H,5H2,1-4H3,(H,22,24)(H,23,25). The van der Waals surface area contributed by atoms with Crippen LogP contribution in [0.15, 0.2) is 41.2 Å². The Morgan fingerprint density at radius 2 is 1.81 bits per heavy atom. The summed E-state index contributed by atoms with van der Waals surface area (Å²) in [4.78, 5) is 27.7. The van der Waals surface area contributed by atoms with Crippen molar-refractivity contribution in [1.82, 2.24) is 4.98 Å². The molecule has 0 radical (unpaired) electrons. The van der Waals surface area contributed by atoms with Crippen LogP contribution >= 0.6 is 0 Å². The number of pyridine rings is 1. The monoisotopic (exact) mass is 366 g/mol. The number of nitrogens with one attached hydrogen (secondary N) is 2. The molecule has 0 aliphatic carbocycles. The molecule has 3 rings (SSSR count). The molecule has 0 spiro atoms. The number of aromatic nitrogens is 1. The van der Waals surface area contributed by atoms with E-state index in [2.05, 4.69) is 10.3 Å². The molecule has 2 aromatic carbocycles. The minimum Gasteiger partial charge on any atom is -0.493 e. The molecular weight excluding hydrogens is 344 g/mol. The van der Waals surface area contributed by atoms with Crippen molar-refractivity contribution in [2.24, 2.45) is 0 Å². The van der Waals surface area contributed by atoms with E-state index in [1.807, 2.05) is 26.0 Å². The van der Waals surface area contributed by atoms with Crippen LogP contribution in [0.4, 0.5) is 5.69 Å². The molecule has 0 aliphatic rings. The average Bonchev–Trinajstić information content (AvgIpc) is 2.67. The van der Waals surface area contributed by atoms with Crippen molar-refractivity contribution in [2.75, 3.05) is 19.5 Å². The van der Waals surface area contributed by atoms with E-state index in [1.54, 1.807) is 31.4 Å². The lowest BCUT2D eigenvalue weighted by Gasteiger charge is -2.11. The predicted molar refractivity (Wildman–Crippen MR) is 106 cm³/mol. The Labute approximate surface area is 157 Å². The van der Waals surface area contributed by atoms with Gasteiger partial charge in [-0.05, 0) is 49.2 Å². The van der Waals surface area contributed by atoms with Crippen molar-refractivity contribution in [3.05, 3.63) is 63.4 Å². The van der Waals surface area contributed by atoms with Crippen molar-refractivity contribution in [2.45, 2.75) is 20.3 Å². The van der Waals surface area contributed by atoms with Crippen LogP contribution in [0, 0.1) is 6.92 Å². The molecule has 0 saturated heterocycles. The topological polar surface area (TPSA) is 80.4 Å². The average molecular weight is 366 g/mol. The number of hydrogen-bond acceptors (Lipinski definition) is 4. The molecule has 0 saturated carbocycles. The molecular formula is C21H22N2O4. The maximum Gasteiger partial charge on any atom is 0.255 e. The SMILES string of the molecule is CCc1c(C)c2ccc(NC(=O)c3ccc(OC)c(OC)c3)cc2[nH]c1=O. The van der Waals surface area contributed by atoms with Crippen LogP contribution in [0.25, 0.3) is 10.9 Å². The number of carbonyl (C=O) groups excluding carboxylic acids is 1. The largest absolute Gasteiger partial charge is 0.493 e. The van der Waals surface area contributed by atoms with Gasteiger partial charge in [0.2, 0.25) is 0 Å². The molecule has 1 heterocycles. The molecule has 2 N–H and O–H groups in total. The lowest BCUT2D eigenvalue weighted by atomic mass is 10.0. The molecule has 1 aromatic heterocycles. The van der Waals surface area contributed by atoms with Crippen LogP contribution in [0.1, 0.15) is 28.4 Å². The summed E-state index contributed by atoms with van der Waals surface area (Å²) in [6, 6.07) is 10.5. The maximum atomic E-state index is 12.6. The minimum absolute atomic E-state index is 0.0918. The van der Waals surface area contributed by atoms with E-state index < -0.39 is 0 Å². The Kier molecular flexibility index (Phi) is 5.16. The highest BCUT2D eigenvalue weighted by molar-refractivity contribution is 6.05. The third-order valence-corrected chi connectivity index (χ3v) is 4.66. The number of aryl methyl sites for hydroxylation is 1. The third kappa shape index (κ3) is 3.51. The molecule has 0 aliphatic heterocycles. The van der Waals surface area contributed by atoms with Crippen molar-refractivity contribution in [1.29, 1.82) is 0 Å². The third-order valence-electron chi connectivity index (χ3n) is 4.66. The Bertz CT molecular complexity index is 1070. The van der Waals surface area contributed by atoms with Gasteiger partial charge >= 0.3 is 0 Å². The van der Waals surface area contributed by atoms with Gasteiger partial charge in [-0.25, -0.2) is 0 Å². The molecule has 27 heavy (non-hydrogen) atoms. The van der Waals surface area contributed by atoms with Gasteiger partial charge in [0.15, 0.2) is 11.5 Å². The summed E-state index contributed by atoms with van der Waals surface area (Å²) in [6.07, 6.45) is 0.675. The molecule has 6 heteroatoms. The van der Waals surface area contributed by atoms with Crippen LogP contribution in [0.5, 0.6) is 11.5 Å². The van der Waals surface area contributed by atoms with Crippen LogP contribution in [-0.4, -0.2) is 25.1 Å². The minimum atomic E-state index is -0.278. The van der Waals surface area contributed by atoms with Gasteiger partial charge in [0.1, 0.15) is 0 Å². The summed E-state index contributed by atoms with van der Waals surface area (Å²) >= 11 is 0. The smallest absolute Gasteiger partial charge is 0.255 e. The molecule has 0 fully saturated rings. The lowest BCUT2D eigenvalue weighted by molar-refractivity contribution is 0.102. The van der Waals surface area contributed by atoms with Gasteiger partial charge in [-0.1, -0.05) is 13.0 Å². The Hall–Kier alpha value is -3.28. The summed E-state index contributed by atoms with van der Waals surface area (Å²) < 4.78 is 10.4. The highest BCUT2D eigenvalue weighted by Crippen LogP contribution is 2.28. The second kappa shape index (κ2) is 7.53. The van der Waals surface area contributed by atoms with Gasteiger partial charge in [-0.3, -0.25) is 9.59 Å². The first-order valence-electron chi connectivity index (χ1n) is 8.67. The molecule has 6 nitrogen and oxygen atoms in total. The molecule has 1 amide bonds. The number of hydrogen-bond donors (Lipinski definition) is 2. The molecule has 3 aromatic rings. The first kappa shape index (κ1) is 18.5. The summed E-state index contributed by atoms with van der Waals surface area (Å²) in [5.41, 5.74) is 3.39. The lowest BCUT2D eigenvalue weighted by Crippen LogP contribution is -2.15. The zero-order valence-corrected chi connectivity index (χ0v) is 15.8. The number of rotatable bonds is 5. The van der Waals surface area contributed by atoms with E-state index in [0.717, 1.165) is 16.5 Å². The van der Waals surface area contributed by atoms with Gasteiger partial charge in [0.05, 0.1) is 19.7 Å². The van der Waals surface area contributed by atoms with Crippen LogP contribution in [0.2, 0.25) is 0 Å². The number of carbonyl (C=O) groups is 1. The molecule has 0 atom stereocenters. The summed E-state index contributed by atoms with van der Waals surface area (Å²) in [6.45, 7) is 3.90. The van der Waals surface area contributed by atoms with Gasteiger partial charge in [0, 0.05) is 22.2 Å². The fourth-order valence-corrected chi connectivity index (χ4v) is 3.19. The van der Waals surface area contributed by atoms with Crippen molar-refractivity contribution in [3.8, 4) is 11.5 Å². The van der Waals surface area contributed by atoms with Crippen molar-refractivity contribution < 1.29 is 14.3 Å². The zero-order chi connectivity index (χ0) is 19.6. The highest BCUT2D eigenvalue weighted by Gasteiger charge is 2.12. The number of H-pyrrole nitrogens is 1. The highest BCUT2D eigenvalue weighted by atomic mass is 16.5. The first-order chi connectivity index (χ1) is 13.0. The quantitative estimate of drug-likeness (QED) is 0.722. The molecule has 140 valence electrons. The van der Waals surface area contributed by atoms with E-state index in [-0.39, 0.29) is 11.5 Å². The number of benzene rings is 2. The second-order valence-corrected chi connectivity index (χ2v) is 6.20. The van der Waals surface area contributed by atoms with Gasteiger partial charge in [-0.15, -0.1) is 0 Å². The number of fused-ring (bicyclic) bond motifs is 1. The van der Waals surface area contributed by atoms with E-state index in [1.165, 1.54) is 7.11 Å². The molecule has 0 bridgehead atoms. The summed E-state index contributed by atoms with van der Waals surface area (Å²) in [5, 5.41) is 3.82. The van der Waals surface area contributed by atoms with Gasteiger partial charge < -0.3 is 19.8 Å².